The first-order valence-corrected chi connectivity index (χ1v) is 9.64. The van der Waals surface area contributed by atoms with Crippen molar-refractivity contribution in [2.24, 2.45) is 0 Å². The van der Waals surface area contributed by atoms with Crippen molar-refractivity contribution in [3.63, 3.8) is 0 Å². The van der Waals surface area contributed by atoms with Crippen LogP contribution in [-0.4, -0.2) is 30.4 Å². The predicted octanol–water partition coefficient (Wildman–Crippen LogP) is 3.57. The zero-order valence-corrected chi connectivity index (χ0v) is 16.2. The zero-order chi connectivity index (χ0) is 19.7. The third-order valence-corrected chi connectivity index (χ3v) is 5.55. The fourth-order valence-corrected chi connectivity index (χ4v) is 3.78. The van der Waals surface area contributed by atoms with Crippen molar-refractivity contribution >= 4 is 16.9 Å². The van der Waals surface area contributed by atoms with Crippen LogP contribution in [0.3, 0.4) is 0 Å². The largest absolute Gasteiger partial charge is 0.468 e. The molecule has 6 heteroatoms. The van der Waals surface area contributed by atoms with Crippen LogP contribution in [0.4, 0.5) is 0 Å². The summed E-state index contributed by atoms with van der Waals surface area (Å²) in [7, 11) is 0. The first-order valence-electron chi connectivity index (χ1n) is 9.64. The normalized spacial score (nSPS) is 15.8. The summed E-state index contributed by atoms with van der Waals surface area (Å²) in [5.74, 6) is 0.468. The number of hydrogen-bond acceptors (Lipinski definition) is 5. The fraction of sp³-hybridized carbons (Fsp3) is 0.364. The van der Waals surface area contributed by atoms with Crippen LogP contribution in [0.1, 0.15) is 46.3 Å². The lowest BCUT2D eigenvalue weighted by molar-refractivity contribution is 0.0906. The van der Waals surface area contributed by atoms with Gasteiger partial charge in [0.15, 0.2) is 11.2 Å². The van der Waals surface area contributed by atoms with Crippen LogP contribution < -0.4 is 10.7 Å². The van der Waals surface area contributed by atoms with Gasteiger partial charge in [-0.3, -0.25) is 14.5 Å². The number of rotatable bonds is 5. The second kappa shape index (κ2) is 7.64. The number of nitrogens with zero attached hydrogens (tertiary/aromatic N) is 1. The van der Waals surface area contributed by atoms with E-state index in [4.69, 9.17) is 8.83 Å². The first-order chi connectivity index (χ1) is 13.5. The van der Waals surface area contributed by atoms with Crippen LogP contribution >= 0.6 is 0 Å². The smallest absolute Gasteiger partial charge is 0.287 e. The number of likely N-dealkylation sites (tertiary alicyclic amines) is 1. The molecule has 1 N–H and O–H groups in total. The average molecular weight is 380 g/mol. The standard InChI is InChI=1S/C22H24N2O4/c1-14-7-8-16-18(25)12-20(28-21(16)15(14)2)22(26)23-13-17(19-6-5-11-27-19)24-9-3-4-10-24/h5-8,11-12,17H,3-4,9-10,13H2,1-2H3,(H,23,26)/t17-/m1/s1. The highest BCUT2D eigenvalue weighted by atomic mass is 16.3. The molecule has 1 fully saturated rings. The molecule has 146 valence electrons. The van der Waals surface area contributed by atoms with E-state index in [1.807, 2.05) is 32.0 Å². The lowest BCUT2D eigenvalue weighted by atomic mass is 10.1. The quantitative estimate of drug-likeness (QED) is 0.732. The predicted molar refractivity (Wildman–Crippen MR) is 107 cm³/mol. The number of carbonyl (C=O) groups excluding carboxylic acids is 1. The minimum Gasteiger partial charge on any atom is -0.468 e. The summed E-state index contributed by atoms with van der Waals surface area (Å²) < 4.78 is 11.4. The molecule has 0 saturated carbocycles. The Morgan fingerprint density at radius 2 is 2.00 bits per heavy atom. The Balaban J connectivity index is 1.57. The van der Waals surface area contributed by atoms with Gasteiger partial charge in [-0.25, -0.2) is 0 Å². The van der Waals surface area contributed by atoms with E-state index >= 15 is 0 Å². The third kappa shape index (κ3) is 3.47. The molecule has 1 aliphatic heterocycles. The molecule has 6 nitrogen and oxygen atoms in total. The van der Waals surface area contributed by atoms with E-state index in [-0.39, 0.29) is 17.2 Å². The number of nitrogens with one attached hydrogen (secondary N) is 1. The van der Waals surface area contributed by atoms with Crippen molar-refractivity contribution in [3.05, 3.63) is 69.5 Å². The summed E-state index contributed by atoms with van der Waals surface area (Å²) in [4.78, 5) is 27.5. The van der Waals surface area contributed by atoms with Gasteiger partial charge in [0.05, 0.1) is 17.7 Å². The van der Waals surface area contributed by atoms with E-state index in [2.05, 4.69) is 10.2 Å². The van der Waals surface area contributed by atoms with E-state index in [0.29, 0.717) is 17.5 Å². The van der Waals surface area contributed by atoms with Gasteiger partial charge in [-0.2, -0.15) is 0 Å². The van der Waals surface area contributed by atoms with Gasteiger partial charge in [-0.05, 0) is 69.1 Å². The molecule has 1 saturated heterocycles. The Morgan fingerprint density at radius 1 is 1.21 bits per heavy atom. The summed E-state index contributed by atoms with van der Waals surface area (Å²) in [6.45, 7) is 6.19. The first kappa shape index (κ1) is 18.5. The molecule has 0 aliphatic carbocycles. The molecule has 2 aromatic heterocycles. The SMILES string of the molecule is Cc1ccc2c(=O)cc(C(=O)NC[C@H](c3ccco3)N3CCCC3)oc2c1C. The Bertz CT molecular complexity index is 1050. The Morgan fingerprint density at radius 3 is 2.71 bits per heavy atom. The molecule has 0 bridgehead atoms. The molecule has 0 unspecified atom stereocenters. The molecular formula is C22H24N2O4. The highest BCUT2D eigenvalue weighted by molar-refractivity contribution is 5.93. The van der Waals surface area contributed by atoms with Crippen LogP contribution in [0.15, 0.2) is 50.2 Å². The van der Waals surface area contributed by atoms with Crippen molar-refractivity contribution in [2.75, 3.05) is 19.6 Å². The zero-order valence-electron chi connectivity index (χ0n) is 16.2. The summed E-state index contributed by atoms with van der Waals surface area (Å²) in [5, 5.41) is 3.41. The average Bonchev–Trinajstić information content (AvgIpc) is 3.39. The van der Waals surface area contributed by atoms with Crippen LogP contribution in [-0.2, 0) is 0 Å². The summed E-state index contributed by atoms with van der Waals surface area (Å²) in [6, 6.07) is 8.65. The molecule has 1 amide bonds. The monoisotopic (exact) mass is 380 g/mol. The third-order valence-electron chi connectivity index (χ3n) is 5.55. The van der Waals surface area contributed by atoms with E-state index in [0.717, 1.165) is 42.8 Å². The minimum atomic E-state index is -0.393. The van der Waals surface area contributed by atoms with Crippen molar-refractivity contribution < 1.29 is 13.6 Å². The lowest BCUT2D eigenvalue weighted by Gasteiger charge is -2.25. The van der Waals surface area contributed by atoms with Gasteiger partial charge in [0, 0.05) is 12.6 Å². The fourth-order valence-electron chi connectivity index (χ4n) is 3.78. The lowest BCUT2D eigenvalue weighted by Crippen LogP contribution is -2.36. The number of aryl methyl sites for hydroxylation is 2. The Hall–Kier alpha value is -2.86. The minimum absolute atomic E-state index is 0.0300. The number of amides is 1. The molecule has 28 heavy (non-hydrogen) atoms. The molecule has 4 rings (SSSR count). The second-order valence-corrected chi connectivity index (χ2v) is 7.34. The van der Waals surface area contributed by atoms with Crippen molar-refractivity contribution in [2.45, 2.75) is 32.7 Å². The van der Waals surface area contributed by atoms with Gasteiger partial charge in [0.1, 0.15) is 11.3 Å². The van der Waals surface area contributed by atoms with Crippen LogP contribution in [0.2, 0.25) is 0 Å². The van der Waals surface area contributed by atoms with Gasteiger partial charge in [-0.15, -0.1) is 0 Å². The topological polar surface area (TPSA) is 75.7 Å². The summed E-state index contributed by atoms with van der Waals surface area (Å²) in [5.41, 5.74) is 2.14. The highest BCUT2D eigenvalue weighted by Gasteiger charge is 2.26. The molecule has 1 aliphatic rings. The summed E-state index contributed by atoms with van der Waals surface area (Å²) in [6.07, 6.45) is 3.93. The maximum absolute atomic E-state index is 12.7. The molecular weight excluding hydrogens is 356 g/mol. The summed E-state index contributed by atoms with van der Waals surface area (Å²) >= 11 is 0. The molecule has 3 aromatic rings. The maximum atomic E-state index is 12.7. The van der Waals surface area contributed by atoms with Crippen LogP contribution in [0.25, 0.3) is 11.0 Å². The number of carbonyl (C=O) groups is 1. The molecule has 1 atom stereocenters. The van der Waals surface area contributed by atoms with E-state index in [1.54, 1.807) is 12.3 Å². The van der Waals surface area contributed by atoms with Gasteiger partial charge in [0.2, 0.25) is 0 Å². The molecule has 1 aromatic carbocycles. The van der Waals surface area contributed by atoms with Gasteiger partial charge in [-0.1, -0.05) is 6.07 Å². The maximum Gasteiger partial charge on any atom is 0.287 e. The van der Waals surface area contributed by atoms with Crippen molar-refractivity contribution in [3.8, 4) is 0 Å². The van der Waals surface area contributed by atoms with Crippen LogP contribution in [0, 0.1) is 13.8 Å². The van der Waals surface area contributed by atoms with Gasteiger partial charge >= 0.3 is 0 Å². The van der Waals surface area contributed by atoms with E-state index < -0.39 is 5.91 Å². The number of furan rings is 1. The van der Waals surface area contributed by atoms with E-state index in [1.165, 1.54) is 6.07 Å². The Kier molecular flexibility index (Phi) is 5.05. The van der Waals surface area contributed by atoms with Crippen LogP contribution in [0.5, 0.6) is 0 Å². The second-order valence-electron chi connectivity index (χ2n) is 7.34. The molecule has 3 heterocycles. The van der Waals surface area contributed by atoms with Gasteiger partial charge in [0.25, 0.3) is 5.91 Å². The van der Waals surface area contributed by atoms with Crippen molar-refractivity contribution in [1.29, 1.82) is 0 Å². The number of fused-ring (bicyclic) bond motifs is 1. The Labute approximate surface area is 163 Å². The number of hydrogen-bond donors (Lipinski definition) is 1. The highest BCUT2D eigenvalue weighted by Crippen LogP contribution is 2.25. The van der Waals surface area contributed by atoms with Crippen molar-refractivity contribution in [1.82, 2.24) is 10.2 Å². The molecule has 0 spiro atoms. The molecule has 0 radical (unpaired) electrons. The van der Waals surface area contributed by atoms with E-state index in [9.17, 15) is 9.59 Å². The van der Waals surface area contributed by atoms with Gasteiger partial charge < -0.3 is 14.2 Å². The number of benzene rings is 1.